The van der Waals surface area contributed by atoms with Crippen LogP contribution in [-0.2, 0) is 9.53 Å². The Balaban J connectivity index is 1.84. The van der Waals surface area contributed by atoms with Crippen molar-refractivity contribution in [2.24, 2.45) is 0 Å². The average molecular weight is 590 g/mol. The van der Waals surface area contributed by atoms with Gasteiger partial charge in [0.2, 0.25) is 0 Å². The average Bonchev–Trinajstić information content (AvgIpc) is 3.68. The first-order valence-corrected chi connectivity index (χ1v) is 14.7. The fourth-order valence-corrected chi connectivity index (χ4v) is 6.47. The number of amides is 2. The van der Waals surface area contributed by atoms with Crippen LogP contribution in [0.5, 0.6) is 0 Å². The maximum Gasteiger partial charge on any atom is 0.305 e. The van der Waals surface area contributed by atoms with E-state index in [1.54, 1.807) is 0 Å². The number of rotatable bonds is 5. The number of H-pyrrole nitrogens is 2. The maximum atomic E-state index is 13.9. The Hall–Kier alpha value is -5.05. The van der Waals surface area contributed by atoms with E-state index in [4.69, 9.17) is 14.7 Å². The highest BCUT2D eigenvalue weighted by Gasteiger charge is 2.36. The number of esters is 1. The van der Waals surface area contributed by atoms with Crippen molar-refractivity contribution >= 4 is 68.2 Å². The van der Waals surface area contributed by atoms with Crippen LogP contribution < -0.4 is 0 Å². The van der Waals surface area contributed by atoms with Crippen LogP contribution in [0.25, 0.3) is 50.4 Å². The lowest BCUT2D eigenvalue weighted by molar-refractivity contribution is -0.140. The van der Waals surface area contributed by atoms with Crippen LogP contribution >= 0.6 is 0 Å². The zero-order chi connectivity index (χ0) is 31.6. The van der Waals surface area contributed by atoms with Gasteiger partial charge < -0.3 is 14.7 Å². The molecule has 0 saturated heterocycles. The molecule has 9 heteroatoms. The van der Waals surface area contributed by atoms with Gasteiger partial charge in [-0.2, -0.15) is 0 Å². The highest BCUT2D eigenvalue weighted by Crippen LogP contribution is 2.40. The molecule has 0 atom stereocenters. The summed E-state index contributed by atoms with van der Waals surface area (Å²) in [6.07, 6.45) is 3.04. The zero-order valence-corrected chi connectivity index (χ0v) is 26.1. The fraction of sp³-hybridized carbons (Fsp3) is 0.286. The molecular formula is C35H35N5O4. The summed E-state index contributed by atoms with van der Waals surface area (Å²) in [5.74, 6) is -1.20. The molecule has 0 radical (unpaired) electrons. The summed E-state index contributed by atoms with van der Waals surface area (Å²) in [6.45, 7) is 14.1. The molecule has 0 aromatic carbocycles. The van der Waals surface area contributed by atoms with Crippen molar-refractivity contribution in [3.05, 3.63) is 75.4 Å². The summed E-state index contributed by atoms with van der Waals surface area (Å²) in [4.78, 5) is 57.8. The Morgan fingerprint density at radius 2 is 1.50 bits per heavy atom. The number of carbonyl (C=O) groups is 3. The first-order chi connectivity index (χ1) is 21.0. The predicted octanol–water partition coefficient (Wildman–Crippen LogP) is 7.03. The van der Waals surface area contributed by atoms with E-state index in [2.05, 4.69) is 30.4 Å². The van der Waals surface area contributed by atoms with Crippen LogP contribution in [0.3, 0.4) is 0 Å². The number of nitrogens with zero attached hydrogens (tertiary/aromatic N) is 3. The molecule has 0 spiro atoms. The van der Waals surface area contributed by atoms with Crippen molar-refractivity contribution in [1.82, 2.24) is 24.8 Å². The molecule has 0 aliphatic carbocycles. The standard InChI is InChI=1S/C35H35N5O4/c1-9-20-16(3)23-13-25-18(5)22(11-12-29(41)44-8)32(38-25)31-33-30(34(42)40(7)35(31)43)19(6)26(39-33)15-28-21(10-2)17(4)24(37-28)14-27(20)36-23/h9,13-15,36,39H,1,10-12H2,2-8H3. The van der Waals surface area contributed by atoms with Crippen LogP contribution in [0, 0.1) is 13.8 Å². The molecule has 3 aliphatic rings. The summed E-state index contributed by atoms with van der Waals surface area (Å²) >= 11 is 0. The number of hydrogen-bond donors (Lipinski definition) is 2. The summed E-state index contributed by atoms with van der Waals surface area (Å²) < 4.78 is 4.93. The second-order valence-electron chi connectivity index (χ2n) is 11.5. The van der Waals surface area contributed by atoms with E-state index in [1.165, 1.54) is 14.2 Å². The number of fused-ring (bicyclic) bond motifs is 8. The van der Waals surface area contributed by atoms with Crippen LogP contribution in [0.15, 0.2) is 24.8 Å². The van der Waals surface area contributed by atoms with E-state index in [0.717, 1.165) is 72.7 Å². The lowest BCUT2D eigenvalue weighted by Gasteiger charge is -2.22. The molecular weight excluding hydrogens is 554 g/mol. The van der Waals surface area contributed by atoms with Gasteiger partial charge in [-0.3, -0.25) is 19.3 Å². The number of imide groups is 1. The Morgan fingerprint density at radius 3 is 2.18 bits per heavy atom. The number of methoxy groups -OCH3 is 1. The van der Waals surface area contributed by atoms with E-state index >= 15 is 0 Å². The minimum Gasteiger partial charge on any atom is -0.469 e. The molecule has 2 N–H and O–H groups in total. The van der Waals surface area contributed by atoms with E-state index in [9.17, 15) is 14.4 Å². The monoisotopic (exact) mass is 589 g/mol. The normalized spacial score (nSPS) is 14.6. The van der Waals surface area contributed by atoms with Crippen molar-refractivity contribution in [2.45, 2.75) is 53.9 Å². The minimum absolute atomic E-state index is 0.118. The van der Waals surface area contributed by atoms with Gasteiger partial charge in [-0.1, -0.05) is 19.6 Å². The maximum absolute atomic E-state index is 13.9. The van der Waals surface area contributed by atoms with Crippen molar-refractivity contribution < 1.29 is 19.1 Å². The van der Waals surface area contributed by atoms with Gasteiger partial charge in [-0.05, 0) is 92.2 Å². The Morgan fingerprint density at radius 1 is 0.886 bits per heavy atom. The molecule has 3 aromatic rings. The third-order valence-electron chi connectivity index (χ3n) is 9.13. The number of ether oxygens (including phenoxy) is 1. The van der Waals surface area contributed by atoms with Gasteiger partial charge in [0.1, 0.15) is 0 Å². The molecule has 224 valence electrons. The van der Waals surface area contributed by atoms with Gasteiger partial charge in [-0.25, -0.2) is 9.97 Å². The van der Waals surface area contributed by atoms with E-state index < -0.39 is 5.91 Å². The summed E-state index contributed by atoms with van der Waals surface area (Å²) in [5.41, 5.74) is 12.8. The van der Waals surface area contributed by atoms with E-state index in [1.807, 2.05) is 45.0 Å². The van der Waals surface area contributed by atoms with Crippen LogP contribution in [0.4, 0.5) is 0 Å². The molecule has 6 rings (SSSR count). The number of nitrogens with one attached hydrogen (secondary N) is 2. The Labute approximate surface area is 255 Å². The molecule has 3 aliphatic heterocycles. The second-order valence-corrected chi connectivity index (χ2v) is 11.5. The molecule has 8 bridgehead atoms. The van der Waals surface area contributed by atoms with Gasteiger partial charge in [0.15, 0.2) is 0 Å². The number of hydrogen-bond acceptors (Lipinski definition) is 6. The van der Waals surface area contributed by atoms with Gasteiger partial charge in [0.25, 0.3) is 11.8 Å². The largest absolute Gasteiger partial charge is 0.469 e. The SMILES string of the molecule is C=Cc1c(C)c2cc3nc(c4c5[nH]c(cc6nc(cc1[nH]2)C(C)=C6CC)c(C)c5C(=O)N(C)C4=O)C(CCC(=O)OC)=C3C. The van der Waals surface area contributed by atoms with E-state index in [0.29, 0.717) is 40.0 Å². The molecule has 0 fully saturated rings. The molecule has 0 saturated carbocycles. The van der Waals surface area contributed by atoms with Gasteiger partial charge in [-0.15, -0.1) is 0 Å². The van der Waals surface area contributed by atoms with Gasteiger partial charge in [0, 0.05) is 35.6 Å². The summed E-state index contributed by atoms with van der Waals surface area (Å²) in [7, 11) is 2.84. The number of carbonyl (C=O) groups excluding carboxylic acids is 3. The summed E-state index contributed by atoms with van der Waals surface area (Å²) in [6, 6.07) is 5.97. The van der Waals surface area contributed by atoms with Gasteiger partial charge in [0.05, 0.1) is 46.5 Å². The lowest BCUT2D eigenvalue weighted by Crippen LogP contribution is -2.37. The number of allylic oxidation sites excluding steroid dienone is 4. The van der Waals surface area contributed by atoms with Crippen molar-refractivity contribution in [3.8, 4) is 0 Å². The van der Waals surface area contributed by atoms with Crippen molar-refractivity contribution in [3.63, 3.8) is 0 Å². The fourth-order valence-electron chi connectivity index (χ4n) is 6.47. The highest BCUT2D eigenvalue weighted by atomic mass is 16.5. The number of aromatic nitrogens is 4. The number of aromatic amines is 2. The quantitative estimate of drug-likeness (QED) is 0.244. The third kappa shape index (κ3) is 4.25. The highest BCUT2D eigenvalue weighted by molar-refractivity contribution is 6.24. The smallest absolute Gasteiger partial charge is 0.305 e. The molecule has 0 unspecified atom stereocenters. The predicted molar refractivity (Wildman–Crippen MR) is 174 cm³/mol. The van der Waals surface area contributed by atoms with Crippen LogP contribution in [0.2, 0.25) is 0 Å². The van der Waals surface area contributed by atoms with Crippen molar-refractivity contribution in [2.75, 3.05) is 14.2 Å². The Bertz CT molecular complexity index is 2070. The molecule has 2 amide bonds. The minimum atomic E-state index is -0.458. The number of aryl methyl sites for hydroxylation is 2. The third-order valence-corrected chi connectivity index (χ3v) is 9.13. The molecule has 44 heavy (non-hydrogen) atoms. The van der Waals surface area contributed by atoms with Gasteiger partial charge >= 0.3 is 5.97 Å². The lowest BCUT2D eigenvalue weighted by atomic mass is 9.94. The Kier molecular flexibility index (Phi) is 6.99. The topological polar surface area (TPSA) is 121 Å². The first kappa shape index (κ1) is 29.0. The van der Waals surface area contributed by atoms with E-state index in [-0.39, 0.29) is 18.3 Å². The van der Waals surface area contributed by atoms with Crippen LogP contribution in [-0.4, -0.2) is 56.8 Å². The summed E-state index contributed by atoms with van der Waals surface area (Å²) in [5, 5.41) is 0. The molecule has 6 heterocycles. The zero-order valence-electron chi connectivity index (χ0n) is 26.1. The first-order valence-electron chi connectivity index (χ1n) is 14.7. The van der Waals surface area contributed by atoms with Crippen molar-refractivity contribution in [1.29, 1.82) is 0 Å². The molecule has 3 aromatic heterocycles. The molecule has 9 nitrogen and oxygen atoms in total. The van der Waals surface area contributed by atoms with Crippen LogP contribution in [0.1, 0.15) is 100 Å². The second kappa shape index (κ2) is 10.6.